The van der Waals surface area contributed by atoms with Crippen molar-refractivity contribution in [3.63, 3.8) is 0 Å². The van der Waals surface area contributed by atoms with Crippen molar-refractivity contribution in [1.29, 1.82) is 5.39 Å². The summed E-state index contributed by atoms with van der Waals surface area (Å²) in [6.45, 7) is 0. The molecule has 0 rings (SSSR count). The van der Waals surface area contributed by atoms with E-state index in [4.69, 9.17) is 15.6 Å². The molecule has 0 saturated heterocycles. The zero-order chi connectivity index (χ0) is 4.99. The van der Waals surface area contributed by atoms with Crippen molar-refractivity contribution >= 4 is 0 Å². The highest BCUT2D eigenvalue weighted by Gasteiger charge is 1.87. The minimum Gasteiger partial charge on any atom is -0.476 e. The molecule has 4 nitrogen and oxygen atoms in total. The first kappa shape index (κ1) is 4.76. The molecule has 0 saturated carbocycles. The maximum atomic E-state index is 7.72. The molecule has 6 heavy (non-hydrogen) atoms. The summed E-state index contributed by atoms with van der Waals surface area (Å²) in [6.07, 6.45) is 0.500. The van der Waals surface area contributed by atoms with Crippen LogP contribution in [0.3, 0.4) is 0 Å². The summed E-state index contributed by atoms with van der Waals surface area (Å²) in [4.78, 5) is 2.27. The van der Waals surface area contributed by atoms with Crippen LogP contribution in [0.15, 0.2) is 12.1 Å². The first-order chi connectivity index (χ1) is 2.77. The quantitative estimate of drug-likeness (QED) is 0.338. The topological polar surface area (TPSA) is 68.6 Å². The number of aliphatic hydroxyl groups is 2. The molecule has 0 aliphatic heterocycles. The molecule has 0 amide bonds. The molecular formula is C2H3N2O2+. The molecule has 0 spiro atoms. The fourth-order valence-electron chi connectivity index (χ4n) is 0.0516. The van der Waals surface area contributed by atoms with E-state index in [1.54, 1.807) is 0 Å². The minimum absolute atomic E-state index is 0.500. The van der Waals surface area contributed by atoms with Crippen LogP contribution in [0, 0.1) is 5.39 Å². The minimum atomic E-state index is -1.00. The second kappa shape index (κ2) is 2.03. The van der Waals surface area contributed by atoms with Crippen LogP contribution in [0.4, 0.5) is 0 Å². The van der Waals surface area contributed by atoms with Crippen LogP contribution in [0.2, 0.25) is 0 Å². The van der Waals surface area contributed by atoms with Gasteiger partial charge in [-0.15, -0.1) is 0 Å². The Bertz CT molecular complexity index is 96.6. The van der Waals surface area contributed by atoms with Crippen molar-refractivity contribution in [2.45, 2.75) is 0 Å². The zero-order valence-electron chi connectivity index (χ0n) is 2.87. The lowest BCUT2D eigenvalue weighted by molar-refractivity contribution is 0.191. The highest BCUT2D eigenvalue weighted by molar-refractivity contribution is 4.84. The van der Waals surface area contributed by atoms with Gasteiger partial charge in [0, 0.05) is 0 Å². The number of hydrogen-bond donors (Lipinski definition) is 2. The van der Waals surface area contributed by atoms with Gasteiger partial charge >= 0.3 is 12.1 Å². The van der Waals surface area contributed by atoms with E-state index < -0.39 is 5.95 Å². The third-order valence-corrected chi connectivity index (χ3v) is 0.173. The van der Waals surface area contributed by atoms with Gasteiger partial charge in [0.25, 0.3) is 0 Å². The smallest absolute Gasteiger partial charge is 0.429 e. The molecule has 0 unspecified atom stereocenters. The number of aliphatic hydroxyl groups excluding tert-OH is 1. The number of hydrogen-bond acceptors (Lipinski definition) is 3. The van der Waals surface area contributed by atoms with Crippen molar-refractivity contribution in [2.75, 3.05) is 0 Å². The van der Waals surface area contributed by atoms with Crippen molar-refractivity contribution in [3.05, 3.63) is 17.1 Å². The van der Waals surface area contributed by atoms with Crippen molar-refractivity contribution in [3.8, 4) is 0 Å². The number of diazo groups is 1. The lowest BCUT2D eigenvalue weighted by atomic mass is 10.9. The average Bonchev–Trinajstić information content (AvgIpc) is 1.35. The number of rotatable bonds is 0. The predicted molar refractivity (Wildman–Crippen MR) is 18.4 cm³/mol. The molecule has 0 aromatic rings. The molecule has 0 aliphatic rings. The van der Waals surface area contributed by atoms with Crippen LogP contribution in [0.25, 0.3) is 4.98 Å². The molecule has 0 heterocycles. The fourth-order valence-corrected chi connectivity index (χ4v) is 0.0516. The Labute approximate surface area is 34.0 Å². The van der Waals surface area contributed by atoms with Gasteiger partial charge in [0.05, 0.1) is 0 Å². The van der Waals surface area contributed by atoms with Crippen molar-refractivity contribution in [1.82, 2.24) is 0 Å². The van der Waals surface area contributed by atoms with Crippen LogP contribution in [-0.4, -0.2) is 10.2 Å². The zero-order valence-corrected chi connectivity index (χ0v) is 2.87. The molecule has 2 N–H and O–H groups in total. The molecule has 0 aliphatic carbocycles. The summed E-state index contributed by atoms with van der Waals surface area (Å²) in [5.41, 5.74) is 0. The van der Waals surface area contributed by atoms with E-state index in [2.05, 4.69) is 4.98 Å². The third-order valence-electron chi connectivity index (χ3n) is 0.173. The second-order valence-electron chi connectivity index (χ2n) is 0.603. The molecule has 0 bridgehead atoms. The van der Waals surface area contributed by atoms with Crippen molar-refractivity contribution < 1.29 is 10.2 Å². The Hall–Kier alpha value is -1.24. The van der Waals surface area contributed by atoms with Gasteiger partial charge < -0.3 is 10.2 Å². The molecule has 0 fully saturated rings. The Balaban J connectivity index is 3.51. The molecule has 0 aromatic carbocycles. The van der Waals surface area contributed by atoms with E-state index in [0.29, 0.717) is 6.20 Å². The highest BCUT2D eigenvalue weighted by Crippen LogP contribution is 1.75. The molecule has 4 heteroatoms. The lowest BCUT2D eigenvalue weighted by Gasteiger charge is -1.66. The Morgan fingerprint density at radius 3 is 2.17 bits per heavy atom. The lowest BCUT2D eigenvalue weighted by Crippen LogP contribution is -1.68. The fraction of sp³-hybridized carbons (Fsp3) is 0. The van der Waals surface area contributed by atoms with Gasteiger partial charge in [0.2, 0.25) is 5.39 Å². The van der Waals surface area contributed by atoms with Gasteiger partial charge in [-0.25, -0.2) is 0 Å². The predicted octanol–water partition coefficient (Wildman–Crippen LogP) is 0.754. The standard InChI is InChI=1S/C2H2N2O2/c3-4-1-2(5)6/h1H,(H-,5,6)/p+1. The molecule has 0 atom stereocenters. The summed E-state index contributed by atoms with van der Waals surface area (Å²) < 4.78 is 0. The molecule has 0 aromatic heterocycles. The SMILES string of the molecule is N#[N+]C=C(O)O. The average molecular weight is 87.1 g/mol. The van der Waals surface area contributed by atoms with Crippen LogP contribution in [0.1, 0.15) is 0 Å². The van der Waals surface area contributed by atoms with Crippen LogP contribution in [-0.2, 0) is 0 Å². The molecular weight excluding hydrogens is 84.0 g/mol. The first-order valence-corrected chi connectivity index (χ1v) is 1.19. The summed E-state index contributed by atoms with van der Waals surface area (Å²) in [5, 5.41) is 22.9. The molecule has 0 radical (unpaired) electrons. The van der Waals surface area contributed by atoms with Gasteiger partial charge in [-0.2, -0.15) is 0 Å². The maximum absolute atomic E-state index is 7.72. The number of nitrogens with zero attached hydrogens (tertiary/aromatic N) is 2. The van der Waals surface area contributed by atoms with Gasteiger partial charge in [-0.3, -0.25) is 0 Å². The molecule has 32 valence electrons. The van der Waals surface area contributed by atoms with Crippen LogP contribution >= 0.6 is 0 Å². The highest BCUT2D eigenvalue weighted by atomic mass is 16.5. The first-order valence-electron chi connectivity index (χ1n) is 1.19. The monoisotopic (exact) mass is 87.0 g/mol. The van der Waals surface area contributed by atoms with Gasteiger partial charge in [0.15, 0.2) is 4.98 Å². The Morgan fingerprint density at radius 1 is 1.67 bits per heavy atom. The summed E-state index contributed by atoms with van der Waals surface area (Å²) in [7, 11) is 0. The Morgan fingerprint density at radius 2 is 2.17 bits per heavy atom. The van der Waals surface area contributed by atoms with E-state index in [-0.39, 0.29) is 0 Å². The van der Waals surface area contributed by atoms with E-state index >= 15 is 0 Å². The third kappa shape index (κ3) is 2.76. The largest absolute Gasteiger partial charge is 0.476 e. The van der Waals surface area contributed by atoms with E-state index in [9.17, 15) is 0 Å². The van der Waals surface area contributed by atoms with Gasteiger partial charge in [-0.1, -0.05) is 0 Å². The summed E-state index contributed by atoms with van der Waals surface area (Å²) in [5.74, 6) is -1.00. The second-order valence-corrected chi connectivity index (χ2v) is 0.603. The van der Waals surface area contributed by atoms with E-state index in [0.717, 1.165) is 0 Å². The normalized spacial score (nSPS) is 5.83. The van der Waals surface area contributed by atoms with E-state index in [1.807, 2.05) is 0 Å². The maximum Gasteiger partial charge on any atom is 0.429 e. The summed E-state index contributed by atoms with van der Waals surface area (Å²) >= 11 is 0. The van der Waals surface area contributed by atoms with Crippen LogP contribution in [0.5, 0.6) is 0 Å². The summed E-state index contributed by atoms with van der Waals surface area (Å²) in [6, 6.07) is 0. The van der Waals surface area contributed by atoms with Crippen LogP contribution < -0.4 is 0 Å². The van der Waals surface area contributed by atoms with Crippen molar-refractivity contribution in [2.24, 2.45) is 0 Å². The van der Waals surface area contributed by atoms with Gasteiger partial charge in [-0.05, 0) is 0 Å². The van der Waals surface area contributed by atoms with Gasteiger partial charge in [0.1, 0.15) is 0 Å². The Kier molecular flexibility index (Phi) is 1.61. The van der Waals surface area contributed by atoms with E-state index in [1.165, 1.54) is 0 Å².